The zero-order valence-corrected chi connectivity index (χ0v) is 12.5. The Morgan fingerprint density at radius 3 is 2.70 bits per heavy atom. The van der Waals surface area contributed by atoms with Gasteiger partial charge in [-0.25, -0.2) is 0 Å². The first-order chi connectivity index (χ1) is 11.2. The Hall–Kier alpha value is -2.97. The Kier molecular flexibility index (Phi) is 3.68. The van der Waals surface area contributed by atoms with E-state index in [1.54, 1.807) is 18.3 Å². The third-order valence-corrected chi connectivity index (χ3v) is 5.00. The zero-order valence-electron chi connectivity index (χ0n) is 12.5. The lowest BCUT2D eigenvalue weighted by atomic mass is 9.53. The first-order valence-electron chi connectivity index (χ1n) is 7.60. The molecule has 2 aliphatic carbocycles. The highest BCUT2D eigenvalue weighted by molar-refractivity contribution is 6.02. The molecule has 0 aromatic carbocycles. The number of aromatic nitrogens is 1. The molecule has 2 aliphatic rings. The minimum atomic E-state index is -1.40. The largest absolute Gasteiger partial charge is 0.306 e. The van der Waals surface area contributed by atoms with Gasteiger partial charge < -0.3 is 5.41 Å². The van der Waals surface area contributed by atoms with Gasteiger partial charge in [-0.3, -0.25) is 4.98 Å². The van der Waals surface area contributed by atoms with Crippen molar-refractivity contribution in [1.29, 1.82) is 21.2 Å². The molecule has 1 aromatic rings. The van der Waals surface area contributed by atoms with Gasteiger partial charge in [0.15, 0.2) is 0 Å². The molecule has 5 heteroatoms. The van der Waals surface area contributed by atoms with Crippen molar-refractivity contribution in [2.75, 3.05) is 0 Å². The van der Waals surface area contributed by atoms with E-state index in [9.17, 15) is 15.8 Å². The van der Waals surface area contributed by atoms with Crippen LogP contribution in [0.3, 0.4) is 0 Å². The van der Waals surface area contributed by atoms with Crippen LogP contribution in [0.4, 0.5) is 0 Å². The second kappa shape index (κ2) is 5.67. The summed E-state index contributed by atoms with van der Waals surface area (Å²) in [5.74, 6) is -1.54. The molecule has 0 unspecified atom stereocenters. The average molecular weight is 301 g/mol. The van der Waals surface area contributed by atoms with E-state index in [-0.39, 0.29) is 11.6 Å². The summed E-state index contributed by atoms with van der Waals surface area (Å²) in [6.45, 7) is 0. The van der Waals surface area contributed by atoms with Gasteiger partial charge in [-0.05, 0) is 42.4 Å². The van der Waals surface area contributed by atoms with Gasteiger partial charge in [0.25, 0.3) is 0 Å². The van der Waals surface area contributed by atoms with E-state index in [4.69, 9.17) is 5.41 Å². The molecule has 1 N–H and O–H groups in total. The van der Waals surface area contributed by atoms with Crippen molar-refractivity contribution in [1.82, 2.24) is 4.98 Å². The van der Waals surface area contributed by atoms with Gasteiger partial charge in [-0.1, -0.05) is 12.1 Å². The highest BCUT2D eigenvalue weighted by atomic mass is 14.7. The van der Waals surface area contributed by atoms with Crippen molar-refractivity contribution in [3.05, 3.63) is 41.7 Å². The molecule has 1 aromatic heterocycles. The SMILES string of the molecule is N#C[C@H]1C(=N)[C@@](C#N)(c2cccnc2)[C@H](C#N)[C@@H]2CCCC=C12. The van der Waals surface area contributed by atoms with Crippen LogP contribution in [0.2, 0.25) is 0 Å². The Bertz CT molecular complexity index is 789. The monoisotopic (exact) mass is 301 g/mol. The van der Waals surface area contributed by atoms with Gasteiger partial charge >= 0.3 is 0 Å². The predicted molar refractivity (Wildman–Crippen MR) is 82.9 cm³/mol. The summed E-state index contributed by atoms with van der Waals surface area (Å²) < 4.78 is 0. The summed E-state index contributed by atoms with van der Waals surface area (Å²) in [6, 6.07) is 10.1. The third-order valence-electron chi connectivity index (χ3n) is 5.00. The highest BCUT2D eigenvalue weighted by Crippen LogP contribution is 2.51. The van der Waals surface area contributed by atoms with Gasteiger partial charge in [-0.2, -0.15) is 15.8 Å². The van der Waals surface area contributed by atoms with Crippen molar-refractivity contribution in [3.63, 3.8) is 0 Å². The van der Waals surface area contributed by atoms with Gasteiger partial charge in [0, 0.05) is 12.4 Å². The van der Waals surface area contributed by atoms with E-state index in [2.05, 4.69) is 23.2 Å². The van der Waals surface area contributed by atoms with Gasteiger partial charge in [-0.15, -0.1) is 0 Å². The van der Waals surface area contributed by atoms with E-state index < -0.39 is 17.3 Å². The van der Waals surface area contributed by atoms with Crippen LogP contribution in [0, 0.1) is 57.2 Å². The van der Waals surface area contributed by atoms with Crippen molar-refractivity contribution < 1.29 is 0 Å². The summed E-state index contributed by atoms with van der Waals surface area (Å²) in [5, 5.41) is 38.0. The Labute approximate surface area is 135 Å². The van der Waals surface area contributed by atoms with E-state index in [1.807, 2.05) is 6.08 Å². The first-order valence-corrected chi connectivity index (χ1v) is 7.60. The first kappa shape index (κ1) is 14.9. The number of pyridine rings is 1. The Morgan fingerprint density at radius 2 is 2.09 bits per heavy atom. The van der Waals surface area contributed by atoms with Gasteiger partial charge in [0.1, 0.15) is 11.3 Å². The van der Waals surface area contributed by atoms with Gasteiger partial charge in [0.2, 0.25) is 0 Å². The molecular weight excluding hydrogens is 286 g/mol. The van der Waals surface area contributed by atoms with Crippen molar-refractivity contribution in [2.45, 2.75) is 24.7 Å². The lowest BCUT2D eigenvalue weighted by Gasteiger charge is -2.45. The standard InChI is InChI=1S/C18H15N5/c19-8-15-13-5-1-2-6-14(13)16(9-20)18(11-21,17(15)22)12-4-3-7-23-10-12/h3-5,7,10,14-16,22H,1-2,6H2/t14-,15-,16-,18+/m1/s1. The number of nitriles is 3. The molecule has 1 heterocycles. The van der Waals surface area contributed by atoms with Crippen LogP contribution in [0.25, 0.3) is 0 Å². The molecule has 1 fully saturated rings. The summed E-state index contributed by atoms with van der Waals surface area (Å²) in [7, 11) is 0. The van der Waals surface area contributed by atoms with Crippen LogP contribution in [-0.2, 0) is 5.41 Å². The summed E-state index contributed by atoms with van der Waals surface area (Å²) in [6.07, 6.45) is 7.70. The van der Waals surface area contributed by atoms with Crippen LogP contribution in [0.5, 0.6) is 0 Å². The minimum Gasteiger partial charge on any atom is -0.306 e. The van der Waals surface area contributed by atoms with Gasteiger partial charge in [0.05, 0.1) is 29.8 Å². The molecule has 4 atom stereocenters. The highest BCUT2D eigenvalue weighted by Gasteiger charge is 2.57. The lowest BCUT2D eigenvalue weighted by molar-refractivity contribution is 0.313. The maximum absolute atomic E-state index is 9.97. The number of hydrogen-bond acceptors (Lipinski definition) is 5. The number of nitrogens with one attached hydrogen (secondary N) is 1. The molecule has 0 aliphatic heterocycles. The van der Waals surface area contributed by atoms with Crippen LogP contribution in [-0.4, -0.2) is 10.7 Å². The molecule has 0 saturated heterocycles. The van der Waals surface area contributed by atoms with Crippen LogP contribution in [0.15, 0.2) is 36.2 Å². The fourth-order valence-electron chi connectivity index (χ4n) is 3.93. The van der Waals surface area contributed by atoms with Crippen molar-refractivity contribution in [2.24, 2.45) is 17.8 Å². The second-order valence-electron chi connectivity index (χ2n) is 5.99. The number of fused-ring (bicyclic) bond motifs is 1. The van der Waals surface area contributed by atoms with Crippen LogP contribution >= 0.6 is 0 Å². The molecule has 112 valence electrons. The lowest BCUT2D eigenvalue weighted by Crippen LogP contribution is -2.53. The minimum absolute atomic E-state index is 0.00597. The third kappa shape index (κ3) is 1.96. The maximum atomic E-state index is 9.97. The van der Waals surface area contributed by atoms with Crippen LogP contribution < -0.4 is 0 Å². The average Bonchev–Trinajstić information content (AvgIpc) is 2.61. The molecular formula is C18H15N5. The number of nitrogens with zero attached hydrogens (tertiary/aromatic N) is 4. The molecule has 0 spiro atoms. The van der Waals surface area contributed by atoms with Crippen molar-refractivity contribution >= 4 is 5.71 Å². The second-order valence-corrected chi connectivity index (χ2v) is 5.99. The predicted octanol–water partition coefficient (Wildman–Crippen LogP) is 2.88. The van der Waals surface area contributed by atoms with E-state index >= 15 is 0 Å². The Morgan fingerprint density at radius 1 is 1.26 bits per heavy atom. The van der Waals surface area contributed by atoms with E-state index in [1.165, 1.54) is 6.20 Å². The molecule has 0 radical (unpaired) electrons. The molecule has 0 amide bonds. The molecule has 0 bridgehead atoms. The van der Waals surface area contributed by atoms with Crippen molar-refractivity contribution in [3.8, 4) is 18.2 Å². The molecule has 5 nitrogen and oxygen atoms in total. The van der Waals surface area contributed by atoms with Crippen LogP contribution in [0.1, 0.15) is 24.8 Å². The normalized spacial score (nSPS) is 32.7. The zero-order chi connectivity index (χ0) is 16.4. The maximum Gasteiger partial charge on any atom is 0.139 e. The molecule has 23 heavy (non-hydrogen) atoms. The summed E-state index contributed by atoms with van der Waals surface area (Å²) in [4.78, 5) is 4.06. The number of rotatable bonds is 1. The molecule has 3 rings (SSSR count). The Balaban J connectivity index is 2.27. The number of allylic oxidation sites excluding steroid dienone is 2. The molecule has 1 saturated carbocycles. The smallest absolute Gasteiger partial charge is 0.139 e. The van der Waals surface area contributed by atoms with E-state index in [0.717, 1.165) is 24.8 Å². The fourth-order valence-corrected chi connectivity index (χ4v) is 3.93. The topological polar surface area (TPSA) is 108 Å². The van der Waals surface area contributed by atoms with E-state index in [0.29, 0.717) is 5.56 Å². The summed E-state index contributed by atoms with van der Waals surface area (Å²) in [5.41, 5.74) is -0.0108. The quantitative estimate of drug-likeness (QED) is 0.804. The fraction of sp³-hybridized carbons (Fsp3) is 0.389. The number of hydrogen-bond donors (Lipinski definition) is 1. The summed E-state index contributed by atoms with van der Waals surface area (Å²) >= 11 is 0.